The Morgan fingerprint density at radius 2 is 1.76 bits per heavy atom. The summed E-state index contributed by atoms with van der Waals surface area (Å²) in [6.45, 7) is 0. The van der Waals surface area contributed by atoms with Crippen LogP contribution in [0.4, 0.5) is 23.1 Å². The van der Waals surface area contributed by atoms with Crippen LogP contribution in [0.1, 0.15) is 10.4 Å². The van der Waals surface area contributed by atoms with E-state index in [1.165, 1.54) is 12.1 Å². The van der Waals surface area contributed by atoms with E-state index in [1.54, 1.807) is 42.6 Å². The Hall–Kier alpha value is -2.83. The van der Waals surface area contributed by atoms with Crippen LogP contribution in [-0.4, -0.2) is 21.0 Å². The average Bonchev–Trinajstić information content (AvgIpc) is 2.59. The summed E-state index contributed by atoms with van der Waals surface area (Å²) in [6.07, 6.45) is 1.58. The number of aromatic nitrogens is 2. The molecule has 0 spiro atoms. The minimum atomic E-state index is -0.992. The molecule has 0 saturated heterocycles. The highest BCUT2D eigenvalue weighted by atomic mass is 35.5. The zero-order valence-electron chi connectivity index (χ0n) is 12.7. The normalized spacial score (nSPS) is 10.3. The van der Waals surface area contributed by atoms with Crippen LogP contribution in [0.5, 0.6) is 0 Å². The van der Waals surface area contributed by atoms with Crippen molar-refractivity contribution in [2.45, 2.75) is 0 Å². The van der Waals surface area contributed by atoms with E-state index in [0.717, 1.165) is 0 Å². The zero-order chi connectivity index (χ0) is 17.8. The van der Waals surface area contributed by atoms with Crippen molar-refractivity contribution in [1.82, 2.24) is 9.97 Å². The number of carboxylic acids is 1. The van der Waals surface area contributed by atoms with Gasteiger partial charge in [0.25, 0.3) is 0 Å². The van der Waals surface area contributed by atoms with Crippen molar-refractivity contribution < 1.29 is 9.90 Å². The Morgan fingerprint density at radius 3 is 2.52 bits per heavy atom. The molecule has 0 aliphatic rings. The first-order valence-electron chi connectivity index (χ1n) is 7.17. The molecular weight excluding hydrogens is 363 g/mol. The van der Waals surface area contributed by atoms with Gasteiger partial charge in [0, 0.05) is 17.6 Å². The molecule has 0 aliphatic carbocycles. The minimum absolute atomic E-state index is 0.188. The van der Waals surface area contributed by atoms with E-state index in [-0.39, 0.29) is 5.56 Å². The maximum Gasteiger partial charge on any atom is 0.335 e. The third-order valence-electron chi connectivity index (χ3n) is 3.21. The molecule has 0 fully saturated rings. The Morgan fingerprint density at radius 1 is 0.960 bits per heavy atom. The van der Waals surface area contributed by atoms with Gasteiger partial charge in [-0.25, -0.2) is 9.78 Å². The molecule has 25 heavy (non-hydrogen) atoms. The van der Waals surface area contributed by atoms with Gasteiger partial charge in [-0.05, 0) is 42.5 Å². The smallest absolute Gasteiger partial charge is 0.335 e. The first kappa shape index (κ1) is 17.0. The average molecular weight is 375 g/mol. The lowest BCUT2D eigenvalue weighted by molar-refractivity contribution is 0.0697. The number of rotatable bonds is 5. The summed E-state index contributed by atoms with van der Waals surface area (Å²) in [5, 5.41) is 16.0. The highest BCUT2D eigenvalue weighted by Crippen LogP contribution is 2.26. The van der Waals surface area contributed by atoms with Crippen molar-refractivity contribution in [3.63, 3.8) is 0 Å². The van der Waals surface area contributed by atoms with Crippen LogP contribution in [0.15, 0.2) is 54.7 Å². The van der Waals surface area contributed by atoms with E-state index >= 15 is 0 Å². The second-order valence-corrected chi connectivity index (χ2v) is 5.84. The summed E-state index contributed by atoms with van der Waals surface area (Å²) in [4.78, 5) is 19.5. The Kier molecular flexibility index (Phi) is 5.02. The number of nitrogens with one attached hydrogen (secondary N) is 2. The summed E-state index contributed by atoms with van der Waals surface area (Å²) in [5.41, 5.74) is 1.49. The first-order chi connectivity index (χ1) is 12.0. The fourth-order valence-corrected chi connectivity index (χ4v) is 2.37. The van der Waals surface area contributed by atoms with Gasteiger partial charge in [0.2, 0.25) is 5.95 Å². The molecule has 2 aromatic carbocycles. The monoisotopic (exact) mass is 374 g/mol. The number of hydrogen-bond acceptors (Lipinski definition) is 5. The highest BCUT2D eigenvalue weighted by molar-refractivity contribution is 6.42. The van der Waals surface area contributed by atoms with Gasteiger partial charge in [0.15, 0.2) is 0 Å². The fraction of sp³-hybridized carbons (Fsp3) is 0. The summed E-state index contributed by atoms with van der Waals surface area (Å²) in [5.74, 6) is -0.119. The van der Waals surface area contributed by atoms with Gasteiger partial charge in [-0.3, -0.25) is 0 Å². The maximum atomic E-state index is 11.0. The van der Waals surface area contributed by atoms with Crippen LogP contribution in [0.25, 0.3) is 0 Å². The maximum absolute atomic E-state index is 11.0. The third kappa shape index (κ3) is 4.37. The van der Waals surface area contributed by atoms with Gasteiger partial charge in [0.1, 0.15) is 5.82 Å². The molecule has 0 atom stereocenters. The lowest BCUT2D eigenvalue weighted by Gasteiger charge is -2.09. The fourth-order valence-electron chi connectivity index (χ4n) is 2.07. The van der Waals surface area contributed by atoms with Crippen LogP contribution in [0.2, 0.25) is 10.0 Å². The predicted octanol–water partition coefficient (Wildman–Crippen LogP) is 4.97. The van der Waals surface area contributed by atoms with Gasteiger partial charge in [-0.2, -0.15) is 4.98 Å². The number of carboxylic acid groups (broad SMARTS) is 1. The Labute approximate surface area is 153 Å². The molecule has 1 aromatic heterocycles. The summed E-state index contributed by atoms with van der Waals surface area (Å²) >= 11 is 11.9. The molecule has 8 heteroatoms. The molecule has 126 valence electrons. The number of benzene rings is 2. The van der Waals surface area contributed by atoms with E-state index < -0.39 is 5.97 Å². The van der Waals surface area contributed by atoms with Crippen molar-refractivity contribution >= 4 is 52.3 Å². The summed E-state index contributed by atoms with van der Waals surface area (Å²) < 4.78 is 0. The van der Waals surface area contributed by atoms with Gasteiger partial charge in [-0.15, -0.1) is 0 Å². The molecule has 3 N–H and O–H groups in total. The molecular formula is C17H12Cl2N4O2. The van der Waals surface area contributed by atoms with Crippen molar-refractivity contribution in [1.29, 1.82) is 0 Å². The number of halogens is 2. The van der Waals surface area contributed by atoms with Crippen molar-refractivity contribution in [3.8, 4) is 0 Å². The van der Waals surface area contributed by atoms with Crippen LogP contribution in [0.3, 0.4) is 0 Å². The van der Waals surface area contributed by atoms with Crippen molar-refractivity contribution in [3.05, 3.63) is 70.3 Å². The standard InChI is InChI=1S/C17H12Cl2N4O2/c18-13-5-4-12(9-14(13)19)22-17-20-7-6-15(23-17)21-11-3-1-2-10(8-11)16(24)25/h1-9H,(H,24,25)(H2,20,21,22,23). The Bertz CT molecular complexity index is 934. The number of anilines is 4. The van der Waals surface area contributed by atoms with Crippen LogP contribution in [-0.2, 0) is 0 Å². The molecule has 0 bridgehead atoms. The first-order valence-corrected chi connectivity index (χ1v) is 7.92. The predicted molar refractivity (Wildman–Crippen MR) is 98.5 cm³/mol. The molecule has 3 aromatic rings. The molecule has 0 aliphatic heterocycles. The van der Waals surface area contributed by atoms with Gasteiger partial charge < -0.3 is 15.7 Å². The van der Waals surface area contributed by atoms with Crippen LogP contribution < -0.4 is 10.6 Å². The van der Waals surface area contributed by atoms with E-state index in [9.17, 15) is 4.79 Å². The number of aromatic carboxylic acids is 1. The molecule has 3 rings (SSSR count). The topological polar surface area (TPSA) is 87.1 Å². The van der Waals surface area contributed by atoms with E-state index in [0.29, 0.717) is 33.2 Å². The Balaban J connectivity index is 1.78. The second kappa shape index (κ2) is 7.38. The largest absolute Gasteiger partial charge is 0.478 e. The molecule has 6 nitrogen and oxygen atoms in total. The highest BCUT2D eigenvalue weighted by Gasteiger charge is 2.06. The van der Waals surface area contributed by atoms with E-state index in [4.69, 9.17) is 28.3 Å². The number of hydrogen-bond donors (Lipinski definition) is 3. The summed E-state index contributed by atoms with van der Waals surface area (Å²) in [6, 6.07) is 13.2. The molecule has 0 saturated carbocycles. The second-order valence-electron chi connectivity index (χ2n) is 5.03. The van der Waals surface area contributed by atoms with Gasteiger partial charge in [0.05, 0.1) is 15.6 Å². The zero-order valence-corrected chi connectivity index (χ0v) is 14.2. The summed E-state index contributed by atoms with van der Waals surface area (Å²) in [7, 11) is 0. The van der Waals surface area contributed by atoms with Crippen molar-refractivity contribution in [2.75, 3.05) is 10.6 Å². The van der Waals surface area contributed by atoms with E-state index in [1.807, 2.05) is 0 Å². The van der Waals surface area contributed by atoms with Gasteiger partial charge in [-0.1, -0.05) is 29.3 Å². The van der Waals surface area contributed by atoms with Crippen molar-refractivity contribution in [2.24, 2.45) is 0 Å². The molecule has 0 amide bonds. The van der Waals surface area contributed by atoms with E-state index in [2.05, 4.69) is 20.6 Å². The number of carbonyl (C=O) groups is 1. The lowest BCUT2D eigenvalue weighted by atomic mass is 10.2. The lowest BCUT2D eigenvalue weighted by Crippen LogP contribution is -2.01. The molecule has 0 radical (unpaired) electrons. The van der Waals surface area contributed by atoms with Crippen LogP contribution >= 0.6 is 23.2 Å². The van der Waals surface area contributed by atoms with Gasteiger partial charge >= 0.3 is 5.97 Å². The molecule has 1 heterocycles. The quantitative estimate of drug-likeness (QED) is 0.584. The number of nitrogens with zero attached hydrogens (tertiary/aromatic N) is 2. The third-order valence-corrected chi connectivity index (χ3v) is 3.95. The van der Waals surface area contributed by atoms with Crippen LogP contribution in [0, 0.1) is 0 Å². The molecule has 0 unspecified atom stereocenters. The SMILES string of the molecule is O=C(O)c1cccc(Nc2ccnc(Nc3ccc(Cl)c(Cl)c3)n2)c1. The minimum Gasteiger partial charge on any atom is -0.478 e.